The van der Waals surface area contributed by atoms with Gasteiger partial charge in [0.05, 0.1) is 15.5 Å². The first-order chi connectivity index (χ1) is 10.2. The summed E-state index contributed by atoms with van der Waals surface area (Å²) in [7, 11) is 0. The van der Waals surface area contributed by atoms with Crippen LogP contribution in [0.5, 0.6) is 0 Å². The monoisotopic (exact) mass is 324 g/mol. The maximum Gasteiger partial charge on any atom is 0.213 e. The summed E-state index contributed by atoms with van der Waals surface area (Å²) < 4.78 is 4.70. The van der Waals surface area contributed by atoms with Crippen LogP contribution in [0.1, 0.15) is 28.3 Å². The molecule has 0 aliphatic heterocycles. The van der Waals surface area contributed by atoms with Crippen LogP contribution < -0.4 is 11.1 Å². The van der Waals surface area contributed by atoms with Crippen molar-refractivity contribution in [2.45, 2.75) is 24.2 Å². The first kappa shape index (κ1) is 14.4. The van der Waals surface area contributed by atoms with Gasteiger partial charge in [0, 0.05) is 18.9 Å². The number of thioether (sulfide) groups is 1. The molecule has 8 heteroatoms. The van der Waals surface area contributed by atoms with Gasteiger partial charge in [-0.1, -0.05) is 5.16 Å². The first-order valence-electron chi connectivity index (χ1n) is 6.70. The zero-order valence-electron chi connectivity index (χ0n) is 11.6. The third kappa shape index (κ3) is 3.06. The molecule has 1 fully saturated rings. The minimum Gasteiger partial charge on any atom is -0.396 e. The molecule has 0 saturated heterocycles. The molecule has 1 aliphatic carbocycles. The van der Waals surface area contributed by atoms with Gasteiger partial charge in [-0.15, -0.1) is 23.1 Å². The molecule has 0 atom stereocenters. The van der Waals surface area contributed by atoms with Crippen molar-refractivity contribution >= 4 is 39.6 Å². The van der Waals surface area contributed by atoms with Crippen molar-refractivity contribution in [1.82, 2.24) is 10.1 Å². The van der Waals surface area contributed by atoms with E-state index in [9.17, 15) is 4.79 Å². The van der Waals surface area contributed by atoms with Gasteiger partial charge >= 0.3 is 0 Å². The van der Waals surface area contributed by atoms with E-state index < -0.39 is 0 Å². The molecule has 21 heavy (non-hydrogen) atoms. The van der Waals surface area contributed by atoms with E-state index in [4.69, 9.17) is 10.3 Å². The molecule has 1 aliphatic rings. The van der Waals surface area contributed by atoms with E-state index in [0.29, 0.717) is 29.4 Å². The number of nitrogen functional groups attached to an aromatic ring is 1. The average molecular weight is 324 g/mol. The number of Topliss-reactive ketones (excluding diaryl/α,β-unsaturated/α-hetero) is 1. The molecule has 2 aromatic heterocycles. The molecule has 0 aromatic carbocycles. The predicted molar refractivity (Wildman–Crippen MR) is 84.1 cm³/mol. The van der Waals surface area contributed by atoms with E-state index in [1.807, 2.05) is 6.26 Å². The van der Waals surface area contributed by atoms with Crippen LogP contribution in [0, 0.1) is 5.92 Å². The Morgan fingerprint density at radius 2 is 2.43 bits per heavy atom. The number of aromatic nitrogens is 2. The quantitative estimate of drug-likeness (QED) is 0.597. The number of nitrogens with zero attached hydrogens (tertiary/aromatic N) is 2. The van der Waals surface area contributed by atoms with Crippen molar-refractivity contribution in [1.29, 1.82) is 0 Å². The van der Waals surface area contributed by atoms with Crippen LogP contribution in [-0.4, -0.2) is 28.7 Å². The number of hydrogen-bond donors (Lipinski definition) is 2. The molecule has 6 nitrogen and oxygen atoms in total. The molecule has 2 aromatic rings. The Bertz CT molecular complexity index is 635. The minimum absolute atomic E-state index is 0.188. The van der Waals surface area contributed by atoms with E-state index >= 15 is 0 Å². The molecule has 112 valence electrons. The van der Waals surface area contributed by atoms with Crippen molar-refractivity contribution < 1.29 is 9.32 Å². The Morgan fingerprint density at radius 3 is 3.05 bits per heavy atom. The van der Waals surface area contributed by atoms with E-state index in [1.54, 1.807) is 11.8 Å². The number of carbonyl (C=O) groups is 1. The fraction of sp³-hybridized carbons (Fsp3) is 0.462. The standard InChI is InChI=1S/C13H16N4O2S2/c1-20-12-9(14)11(10(18)7-2-3-7)21-13(12)15-5-4-8-16-6-19-17-8/h6-7,15H,2-5,14H2,1H3. The molecular formula is C13H16N4O2S2. The Labute approximate surface area is 130 Å². The minimum atomic E-state index is 0.188. The smallest absolute Gasteiger partial charge is 0.213 e. The molecule has 0 spiro atoms. The highest BCUT2D eigenvalue weighted by atomic mass is 32.2. The highest BCUT2D eigenvalue weighted by molar-refractivity contribution is 7.99. The zero-order chi connectivity index (χ0) is 14.8. The fourth-order valence-corrected chi connectivity index (χ4v) is 4.13. The Morgan fingerprint density at radius 1 is 1.62 bits per heavy atom. The van der Waals surface area contributed by atoms with E-state index in [1.165, 1.54) is 17.7 Å². The molecule has 2 heterocycles. The highest BCUT2D eigenvalue weighted by Crippen LogP contribution is 2.45. The van der Waals surface area contributed by atoms with Gasteiger partial charge in [-0.05, 0) is 19.1 Å². The molecule has 0 unspecified atom stereocenters. The summed E-state index contributed by atoms with van der Waals surface area (Å²) in [6.07, 6.45) is 5.93. The average Bonchev–Trinajstić information content (AvgIpc) is 3.11. The summed E-state index contributed by atoms with van der Waals surface area (Å²) in [5.74, 6) is 1.04. The number of nitrogens with two attached hydrogens (primary N) is 1. The van der Waals surface area contributed by atoms with Crippen LogP contribution >= 0.6 is 23.1 Å². The molecule has 0 radical (unpaired) electrons. The largest absolute Gasteiger partial charge is 0.396 e. The summed E-state index contributed by atoms with van der Waals surface area (Å²) in [5.41, 5.74) is 6.75. The number of rotatable bonds is 7. The van der Waals surface area contributed by atoms with Crippen LogP contribution in [-0.2, 0) is 6.42 Å². The van der Waals surface area contributed by atoms with Gasteiger partial charge in [-0.25, -0.2) is 0 Å². The fourth-order valence-electron chi connectivity index (χ4n) is 2.05. The third-order valence-electron chi connectivity index (χ3n) is 3.32. The van der Waals surface area contributed by atoms with Gasteiger partial charge in [0.1, 0.15) is 5.00 Å². The number of hydrogen-bond acceptors (Lipinski definition) is 8. The Kier molecular flexibility index (Phi) is 4.16. The first-order valence-corrected chi connectivity index (χ1v) is 8.74. The van der Waals surface area contributed by atoms with Crippen molar-refractivity contribution in [3.05, 3.63) is 17.1 Å². The van der Waals surface area contributed by atoms with Gasteiger partial charge in [0.2, 0.25) is 6.39 Å². The maximum atomic E-state index is 12.2. The second-order valence-electron chi connectivity index (χ2n) is 4.87. The molecule has 1 saturated carbocycles. The summed E-state index contributed by atoms with van der Waals surface area (Å²) >= 11 is 3.01. The summed E-state index contributed by atoms with van der Waals surface area (Å²) in [6, 6.07) is 0. The van der Waals surface area contributed by atoms with E-state index in [2.05, 4.69) is 15.5 Å². The predicted octanol–water partition coefficient (Wildman–Crippen LogP) is 2.68. The van der Waals surface area contributed by atoms with Crippen LogP contribution in [0.3, 0.4) is 0 Å². The summed E-state index contributed by atoms with van der Waals surface area (Å²) in [5, 5.41) is 8.04. The van der Waals surface area contributed by atoms with Crippen LogP contribution in [0.4, 0.5) is 10.7 Å². The number of anilines is 2. The van der Waals surface area contributed by atoms with Gasteiger partial charge in [0.25, 0.3) is 0 Å². The van der Waals surface area contributed by atoms with Crippen molar-refractivity contribution in [2.24, 2.45) is 5.92 Å². The number of ketones is 1. The summed E-state index contributed by atoms with van der Waals surface area (Å²) in [6.45, 7) is 0.671. The topological polar surface area (TPSA) is 94.0 Å². The molecule has 0 bridgehead atoms. The normalized spacial score (nSPS) is 14.3. The molecule has 3 N–H and O–H groups in total. The van der Waals surface area contributed by atoms with E-state index in [-0.39, 0.29) is 11.7 Å². The maximum absolute atomic E-state index is 12.2. The van der Waals surface area contributed by atoms with Crippen molar-refractivity contribution in [3.63, 3.8) is 0 Å². The van der Waals surface area contributed by atoms with Crippen LogP contribution in [0.2, 0.25) is 0 Å². The Hall–Kier alpha value is -1.54. The second kappa shape index (κ2) is 6.07. The Balaban J connectivity index is 1.71. The van der Waals surface area contributed by atoms with Crippen molar-refractivity contribution in [2.75, 3.05) is 23.9 Å². The third-order valence-corrected chi connectivity index (χ3v) is 5.46. The number of carbonyl (C=O) groups excluding carboxylic acids is 1. The van der Waals surface area contributed by atoms with E-state index in [0.717, 1.165) is 22.7 Å². The van der Waals surface area contributed by atoms with Crippen LogP contribution in [0.15, 0.2) is 15.8 Å². The number of nitrogens with one attached hydrogen (secondary N) is 1. The van der Waals surface area contributed by atoms with Gasteiger partial charge in [-0.3, -0.25) is 4.79 Å². The van der Waals surface area contributed by atoms with Crippen molar-refractivity contribution in [3.8, 4) is 0 Å². The van der Waals surface area contributed by atoms with Gasteiger partial charge < -0.3 is 15.6 Å². The zero-order valence-corrected chi connectivity index (χ0v) is 13.2. The molecule has 0 amide bonds. The highest BCUT2D eigenvalue weighted by Gasteiger charge is 2.33. The molecule has 3 rings (SSSR count). The lowest BCUT2D eigenvalue weighted by Crippen LogP contribution is -2.05. The van der Waals surface area contributed by atoms with Crippen LogP contribution in [0.25, 0.3) is 0 Å². The summed E-state index contributed by atoms with van der Waals surface area (Å²) in [4.78, 5) is 17.9. The SMILES string of the molecule is CSc1c(NCCc2ncon2)sc(C(=O)C2CC2)c1N. The lowest BCUT2D eigenvalue weighted by molar-refractivity contribution is 0.0972. The second-order valence-corrected chi connectivity index (χ2v) is 6.71. The molecular weight excluding hydrogens is 308 g/mol. The lowest BCUT2D eigenvalue weighted by Gasteiger charge is -2.04. The lowest BCUT2D eigenvalue weighted by atomic mass is 10.2. The van der Waals surface area contributed by atoms with Gasteiger partial charge in [0.15, 0.2) is 11.6 Å². The van der Waals surface area contributed by atoms with Gasteiger partial charge in [-0.2, -0.15) is 4.98 Å². The number of thiophene rings is 1.